The van der Waals surface area contributed by atoms with Crippen molar-refractivity contribution in [1.82, 2.24) is 9.80 Å². The van der Waals surface area contributed by atoms with Crippen LogP contribution in [0.3, 0.4) is 0 Å². The second-order valence-corrected chi connectivity index (χ2v) is 4.49. The van der Waals surface area contributed by atoms with E-state index in [1.807, 2.05) is 12.1 Å². The molecule has 0 spiro atoms. The number of hydrogen-bond donors (Lipinski definition) is 0. The van der Waals surface area contributed by atoms with Gasteiger partial charge in [-0.2, -0.15) is 5.26 Å². The van der Waals surface area contributed by atoms with Gasteiger partial charge in [-0.1, -0.05) is 6.08 Å². The minimum Gasteiger partial charge on any atom is -0.378 e. The molecule has 2 aliphatic rings. The minimum atomic E-state index is 0.374. The van der Waals surface area contributed by atoms with Gasteiger partial charge in [0.05, 0.1) is 25.3 Å². The van der Waals surface area contributed by atoms with Crippen LogP contribution in [-0.2, 0) is 4.74 Å². The van der Waals surface area contributed by atoms with Crippen LogP contribution in [0.4, 0.5) is 0 Å². The molecule has 0 aliphatic carbocycles. The van der Waals surface area contributed by atoms with Crippen LogP contribution in [-0.4, -0.2) is 61.3 Å². The molecule has 0 radical (unpaired) electrons. The SMILES string of the molecule is CC(C=CC#N)N1CCN(C2COC2)CC1. The minimum absolute atomic E-state index is 0.374. The molecule has 1 atom stereocenters. The first kappa shape index (κ1) is 11.6. The number of hydrogen-bond acceptors (Lipinski definition) is 4. The molecule has 1 unspecified atom stereocenters. The highest BCUT2D eigenvalue weighted by Crippen LogP contribution is 2.14. The topological polar surface area (TPSA) is 39.5 Å². The van der Waals surface area contributed by atoms with Gasteiger partial charge < -0.3 is 4.74 Å². The Morgan fingerprint density at radius 2 is 2.00 bits per heavy atom. The van der Waals surface area contributed by atoms with Crippen molar-refractivity contribution in [2.75, 3.05) is 39.4 Å². The molecule has 0 aromatic rings. The molecule has 0 aromatic carbocycles. The van der Waals surface area contributed by atoms with E-state index >= 15 is 0 Å². The van der Waals surface area contributed by atoms with Crippen LogP contribution < -0.4 is 0 Å². The average molecular weight is 221 g/mol. The van der Waals surface area contributed by atoms with Gasteiger partial charge in [0.15, 0.2) is 0 Å². The van der Waals surface area contributed by atoms with Crippen molar-refractivity contribution in [1.29, 1.82) is 5.26 Å². The van der Waals surface area contributed by atoms with E-state index in [2.05, 4.69) is 16.7 Å². The van der Waals surface area contributed by atoms with E-state index in [-0.39, 0.29) is 0 Å². The van der Waals surface area contributed by atoms with Gasteiger partial charge in [-0.3, -0.25) is 9.80 Å². The van der Waals surface area contributed by atoms with E-state index < -0.39 is 0 Å². The third-order valence-corrected chi connectivity index (χ3v) is 3.51. The molecule has 0 saturated carbocycles. The number of allylic oxidation sites excluding steroid dienone is 1. The van der Waals surface area contributed by atoms with Crippen molar-refractivity contribution in [3.05, 3.63) is 12.2 Å². The molecule has 2 rings (SSSR count). The second kappa shape index (κ2) is 5.44. The Morgan fingerprint density at radius 1 is 1.31 bits per heavy atom. The Hall–Kier alpha value is -0.890. The number of nitrogens with zero attached hydrogens (tertiary/aromatic N) is 3. The first-order valence-corrected chi connectivity index (χ1v) is 5.93. The van der Waals surface area contributed by atoms with Crippen LogP contribution in [0.25, 0.3) is 0 Å². The molecule has 0 N–H and O–H groups in total. The molecule has 2 saturated heterocycles. The molecule has 2 heterocycles. The Balaban J connectivity index is 1.76. The van der Waals surface area contributed by atoms with Crippen LogP contribution in [0.5, 0.6) is 0 Å². The summed E-state index contributed by atoms with van der Waals surface area (Å²) in [7, 11) is 0. The van der Waals surface area contributed by atoms with Crippen LogP contribution in [0.15, 0.2) is 12.2 Å². The van der Waals surface area contributed by atoms with Crippen LogP contribution >= 0.6 is 0 Å². The fraction of sp³-hybridized carbons (Fsp3) is 0.750. The predicted octanol–water partition coefficient (Wildman–Crippen LogP) is 0.471. The van der Waals surface area contributed by atoms with Crippen LogP contribution in [0, 0.1) is 11.3 Å². The van der Waals surface area contributed by atoms with Crippen LogP contribution in [0.1, 0.15) is 6.92 Å². The molecule has 2 fully saturated rings. The first-order chi connectivity index (χ1) is 7.81. The van der Waals surface area contributed by atoms with E-state index in [4.69, 9.17) is 10.00 Å². The maximum absolute atomic E-state index is 8.49. The molecule has 4 nitrogen and oxygen atoms in total. The maximum Gasteiger partial charge on any atom is 0.0909 e. The molecule has 2 aliphatic heterocycles. The van der Waals surface area contributed by atoms with E-state index in [1.54, 1.807) is 6.08 Å². The monoisotopic (exact) mass is 221 g/mol. The third kappa shape index (κ3) is 2.62. The highest BCUT2D eigenvalue weighted by molar-refractivity contribution is 5.06. The van der Waals surface area contributed by atoms with E-state index in [1.165, 1.54) is 0 Å². The van der Waals surface area contributed by atoms with Crippen LogP contribution in [0.2, 0.25) is 0 Å². The van der Waals surface area contributed by atoms with Gasteiger partial charge in [0.2, 0.25) is 0 Å². The quantitative estimate of drug-likeness (QED) is 0.650. The molecule has 0 aromatic heterocycles. The summed E-state index contributed by atoms with van der Waals surface area (Å²) in [5.74, 6) is 0. The smallest absolute Gasteiger partial charge is 0.0909 e. The Morgan fingerprint density at radius 3 is 2.50 bits per heavy atom. The number of nitriles is 1. The molecular formula is C12H19N3O. The summed E-state index contributed by atoms with van der Waals surface area (Å²) in [5.41, 5.74) is 0. The summed E-state index contributed by atoms with van der Waals surface area (Å²) in [6.07, 6.45) is 3.55. The van der Waals surface area contributed by atoms with Gasteiger partial charge in [0.25, 0.3) is 0 Å². The molecule has 4 heteroatoms. The van der Waals surface area contributed by atoms with Gasteiger partial charge in [0, 0.05) is 38.3 Å². The van der Waals surface area contributed by atoms with Crippen molar-refractivity contribution in [2.24, 2.45) is 0 Å². The van der Waals surface area contributed by atoms with Gasteiger partial charge in [-0.05, 0) is 6.92 Å². The van der Waals surface area contributed by atoms with Crippen molar-refractivity contribution in [3.63, 3.8) is 0 Å². The lowest BCUT2D eigenvalue weighted by Gasteiger charge is -2.43. The lowest BCUT2D eigenvalue weighted by atomic mass is 10.1. The Bertz CT molecular complexity index is 285. The second-order valence-electron chi connectivity index (χ2n) is 4.49. The third-order valence-electron chi connectivity index (χ3n) is 3.51. The zero-order chi connectivity index (χ0) is 11.4. The number of ether oxygens (including phenoxy) is 1. The molecular weight excluding hydrogens is 202 g/mol. The fourth-order valence-electron chi connectivity index (χ4n) is 2.25. The number of piperazine rings is 1. The van der Waals surface area contributed by atoms with Gasteiger partial charge in [0.1, 0.15) is 0 Å². The van der Waals surface area contributed by atoms with Crippen molar-refractivity contribution >= 4 is 0 Å². The molecule has 0 bridgehead atoms. The molecule has 16 heavy (non-hydrogen) atoms. The summed E-state index contributed by atoms with van der Waals surface area (Å²) < 4.78 is 5.21. The summed E-state index contributed by atoms with van der Waals surface area (Å²) in [6.45, 7) is 8.39. The van der Waals surface area contributed by atoms with Gasteiger partial charge in [-0.15, -0.1) is 0 Å². The normalized spacial score (nSPS) is 26.5. The van der Waals surface area contributed by atoms with E-state index in [0.29, 0.717) is 12.1 Å². The molecule has 88 valence electrons. The predicted molar refractivity (Wildman–Crippen MR) is 62.0 cm³/mol. The summed E-state index contributed by atoms with van der Waals surface area (Å²) in [5, 5.41) is 8.49. The largest absolute Gasteiger partial charge is 0.378 e. The maximum atomic E-state index is 8.49. The van der Waals surface area contributed by atoms with E-state index in [9.17, 15) is 0 Å². The van der Waals surface area contributed by atoms with Gasteiger partial charge >= 0.3 is 0 Å². The highest BCUT2D eigenvalue weighted by Gasteiger charge is 2.29. The summed E-state index contributed by atoms with van der Waals surface area (Å²) in [4.78, 5) is 4.94. The van der Waals surface area contributed by atoms with E-state index in [0.717, 1.165) is 39.4 Å². The summed E-state index contributed by atoms with van der Waals surface area (Å²) in [6, 6.07) is 3.08. The highest BCUT2D eigenvalue weighted by atomic mass is 16.5. The standard InChI is InChI=1S/C12H19N3O/c1-11(3-2-4-13)14-5-7-15(8-6-14)12-9-16-10-12/h2-3,11-12H,5-10H2,1H3. The Kier molecular flexibility index (Phi) is 3.94. The van der Waals surface area contributed by atoms with Crippen molar-refractivity contribution in [2.45, 2.75) is 19.0 Å². The fourth-order valence-corrected chi connectivity index (χ4v) is 2.25. The lowest BCUT2D eigenvalue weighted by Crippen LogP contribution is -2.57. The first-order valence-electron chi connectivity index (χ1n) is 5.93. The average Bonchev–Trinajstić information content (AvgIpc) is 2.24. The van der Waals surface area contributed by atoms with Crippen molar-refractivity contribution < 1.29 is 4.74 Å². The lowest BCUT2D eigenvalue weighted by molar-refractivity contribution is -0.0780. The van der Waals surface area contributed by atoms with Gasteiger partial charge in [-0.25, -0.2) is 0 Å². The zero-order valence-electron chi connectivity index (χ0n) is 9.80. The zero-order valence-corrected chi connectivity index (χ0v) is 9.80. The summed E-state index contributed by atoms with van der Waals surface area (Å²) >= 11 is 0. The molecule has 0 amide bonds. The van der Waals surface area contributed by atoms with Crippen molar-refractivity contribution in [3.8, 4) is 6.07 Å². The Labute approximate surface area is 97.1 Å². The number of rotatable bonds is 3.